The summed E-state index contributed by atoms with van der Waals surface area (Å²) in [6.07, 6.45) is 2.32. The molecule has 2 N–H and O–H groups in total. The van der Waals surface area contributed by atoms with Gasteiger partial charge in [0.2, 0.25) is 5.91 Å². The number of benzene rings is 1. The van der Waals surface area contributed by atoms with E-state index in [1.165, 1.54) is 0 Å². The Morgan fingerprint density at radius 2 is 2.00 bits per heavy atom. The van der Waals surface area contributed by atoms with E-state index >= 15 is 0 Å². The predicted molar refractivity (Wildman–Crippen MR) is 84.5 cm³/mol. The van der Waals surface area contributed by atoms with E-state index in [-0.39, 0.29) is 5.91 Å². The van der Waals surface area contributed by atoms with E-state index in [1.807, 2.05) is 11.0 Å². The summed E-state index contributed by atoms with van der Waals surface area (Å²) in [6, 6.07) is 3.64. The lowest BCUT2D eigenvalue weighted by atomic mass is 9.96. The van der Waals surface area contributed by atoms with Crippen molar-refractivity contribution in [3.63, 3.8) is 0 Å². The molecule has 120 valence electrons. The van der Waals surface area contributed by atoms with Crippen LogP contribution >= 0.6 is 11.6 Å². The van der Waals surface area contributed by atoms with Gasteiger partial charge in [-0.15, -0.1) is 0 Å². The molecule has 5 nitrogen and oxygen atoms in total. The van der Waals surface area contributed by atoms with Gasteiger partial charge in [-0.1, -0.05) is 11.6 Å². The zero-order valence-corrected chi connectivity index (χ0v) is 13.3. The molecule has 0 atom stereocenters. The maximum atomic E-state index is 12.4. The highest BCUT2D eigenvalue weighted by molar-refractivity contribution is 6.32. The van der Waals surface area contributed by atoms with Crippen LogP contribution in [0.15, 0.2) is 12.1 Å². The molecule has 1 saturated heterocycles. The number of hydrogen-bond acceptors (Lipinski definition) is 4. The molecule has 0 bridgehead atoms. The first-order chi connectivity index (χ1) is 10.7. The van der Waals surface area contributed by atoms with Crippen molar-refractivity contribution in [1.82, 2.24) is 4.90 Å². The first-order valence-electron chi connectivity index (χ1n) is 7.73. The average molecular weight is 325 g/mol. The highest BCUT2D eigenvalue weighted by atomic mass is 35.5. The quantitative estimate of drug-likeness (QED) is 0.921. The highest BCUT2D eigenvalue weighted by Crippen LogP contribution is 2.38. The SMILES string of the molecule is NCC1CCN(C(=O)Cc2cc(Cl)c3c(c2)OCCO3)CC1. The van der Waals surface area contributed by atoms with Crippen molar-refractivity contribution in [3.8, 4) is 11.5 Å². The Morgan fingerprint density at radius 1 is 1.27 bits per heavy atom. The topological polar surface area (TPSA) is 64.8 Å². The summed E-state index contributed by atoms with van der Waals surface area (Å²) < 4.78 is 11.0. The zero-order valence-electron chi connectivity index (χ0n) is 12.5. The lowest BCUT2D eigenvalue weighted by Gasteiger charge is -2.31. The number of nitrogens with zero attached hydrogens (tertiary/aromatic N) is 1. The molecule has 1 aromatic rings. The van der Waals surface area contributed by atoms with Crippen molar-refractivity contribution in [3.05, 3.63) is 22.7 Å². The molecule has 1 amide bonds. The van der Waals surface area contributed by atoms with E-state index in [4.69, 9.17) is 26.8 Å². The van der Waals surface area contributed by atoms with Crippen molar-refractivity contribution in [1.29, 1.82) is 0 Å². The average Bonchev–Trinajstić information content (AvgIpc) is 2.55. The fourth-order valence-electron chi connectivity index (χ4n) is 2.97. The Balaban J connectivity index is 1.66. The third-order valence-corrected chi connectivity index (χ3v) is 4.59. The molecule has 3 rings (SSSR count). The van der Waals surface area contributed by atoms with E-state index in [2.05, 4.69) is 0 Å². The summed E-state index contributed by atoms with van der Waals surface area (Å²) in [6.45, 7) is 3.30. The van der Waals surface area contributed by atoms with E-state index in [0.29, 0.717) is 48.6 Å². The van der Waals surface area contributed by atoms with Gasteiger partial charge in [0.25, 0.3) is 0 Å². The standard InChI is InChI=1S/C16H21ClN2O3/c17-13-7-12(8-14-16(13)22-6-5-21-14)9-15(20)19-3-1-11(10-18)2-4-19/h7-8,11H,1-6,9-10,18H2. The van der Waals surface area contributed by atoms with Gasteiger partial charge in [0, 0.05) is 13.1 Å². The van der Waals surface area contributed by atoms with Crippen LogP contribution in [-0.4, -0.2) is 43.7 Å². The third-order valence-electron chi connectivity index (χ3n) is 4.31. The van der Waals surface area contributed by atoms with Gasteiger partial charge < -0.3 is 20.1 Å². The Kier molecular flexibility index (Phi) is 4.74. The van der Waals surface area contributed by atoms with Crippen molar-refractivity contribution in [2.45, 2.75) is 19.3 Å². The maximum Gasteiger partial charge on any atom is 0.226 e. The molecular formula is C16H21ClN2O3. The molecule has 0 aliphatic carbocycles. The maximum absolute atomic E-state index is 12.4. The fourth-order valence-corrected chi connectivity index (χ4v) is 3.26. The number of likely N-dealkylation sites (tertiary alicyclic amines) is 1. The lowest BCUT2D eigenvalue weighted by Crippen LogP contribution is -2.40. The van der Waals surface area contributed by atoms with Crippen LogP contribution in [0.2, 0.25) is 5.02 Å². The van der Waals surface area contributed by atoms with E-state index in [1.54, 1.807) is 6.07 Å². The molecule has 0 aromatic heterocycles. The third kappa shape index (κ3) is 3.31. The summed E-state index contributed by atoms with van der Waals surface area (Å²) in [5.41, 5.74) is 6.55. The minimum absolute atomic E-state index is 0.128. The number of ether oxygens (including phenoxy) is 2. The largest absolute Gasteiger partial charge is 0.486 e. The molecule has 0 saturated carbocycles. The van der Waals surface area contributed by atoms with Crippen LogP contribution in [0.4, 0.5) is 0 Å². The Labute approximate surface area is 135 Å². The summed E-state index contributed by atoms with van der Waals surface area (Å²) >= 11 is 6.21. The van der Waals surface area contributed by atoms with Gasteiger partial charge in [0.1, 0.15) is 13.2 Å². The molecule has 2 heterocycles. The Hall–Kier alpha value is -1.46. The van der Waals surface area contributed by atoms with Crippen LogP contribution in [0.25, 0.3) is 0 Å². The van der Waals surface area contributed by atoms with Crippen LogP contribution in [0.1, 0.15) is 18.4 Å². The number of rotatable bonds is 3. The molecular weight excluding hydrogens is 304 g/mol. The van der Waals surface area contributed by atoms with Crippen molar-refractivity contribution in [2.75, 3.05) is 32.8 Å². The van der Waals surface area contributed by atoms with Crippen LogP contribution in [-0.2, 0) is 11.2 Å². The van der Waals surface area contributed by atoms with Gasteiger partial charge in [0.15, 0.2) is 11.5 Å². The number of nitrogens with two attached hydrogens (primary N) is 1. The lowest BCUT2D eigenvalue weighted by molar-refractivity contribution is -0.131. The Bertz CT molecular complexity index is 557. The zero-order chi connectivity index (χ0) is 15.5. The van der Waals surface area contributed by atoms with Gasteiger partial charge in [0.05, 0.1) is 11.4 Å². The van der Waals surface area contributed by atoms with E-state index < -0.39 is 0 Å². The molecule has 6 heteroatoms. The van der Waals surface area contributed by atoms with Crippen LogP contribution < -0.4 is 15.2 Å². The van der Waals surface area contributed by atoms with E-state index in [0.717, 1.165) is 31.5 Å². The molecule has 2 aliphatic rings. The molecule has 0 radical (unpaired) electrons. The molecule has 0 unspecified atom stereocenters. The van der Waals surface area contributed by atoms with Crippen LogP contribution in [0.3, 0.4) is 0 Å². The van der Waals surface area contributed by atoms with Gasteiger partial charge in [-0.2, -0.15) is 0 Å². The van der Waals surface area contributed by atoms with Crippen LogP contribution in [0, 0.1) is 5.92 Å². The van der Waals surface area contributed by atoms with E-state index in [9.17, 15) is 4.79 Å². The number of piperidine rings is 1. The molecule has 1 aromatic carbocycles. The van der Waals surface area contributed by atoms with Crippen molar-refractivity contribution < 1.29 is 14.3 Å². The molecule has 1 fully saturated rings. The van der Waals surface area contributed by atoms with Gasteiger partial charge in [-0.05, 0) is 43.0 Å². The molecule has 22 heavy (non-hydrogen) atoms. The number of hydrogen-bond donors (Lipinski definition) is 1. The minimum atomic E-state index is 0.128. The minimum Gasteiger partial charge on any atom is -0.486 e. The Morgan fingerprint density at radius 3 is 2.73 bits per heavy atom. The predicted octanol–water partition coefficient (Wildman–Crippen LogP) is 1.85. The van der Waals surface area contributed by atoms with Crippen molar-refractivity contribution >= 4 is 17.5 Å². The number of fused-ring (bicyclic) bond motifs is 1. The summed E-state index contributed by atoms with van der Waals surface area (Å²) in [4.78, 5) is 14.3. The van der Waals surface area contributed by atoms with Gasteiger partial charge in [-0.25, -0.2) is 0 Å². The summed E-state index contributed by atoms with van der Waals surface area (Å²) in [5.74, 6) is 1.88. The second-order valence-electron chi connectivity index (χ2n) is 5.84. The molecule has 0 spiro atoms. The van der Waals surface area contributed by atoms with Gasteiger partial charge in [-0.3, -0.25) is 4.79 Å². The number of carbonyl (C=O) groups is 1. The first kappa shape index (κ1) is 15.4. The van der Waals surface area contributed by atoms with Crippen molar-refractivity contribution in [2.24, 2.45) is 11.7 Å². The number of carbonyl (C=O) groups excluding carboxylic acids is 1. The fraction of sp³-hybridized carbons (Fsp3) is 0.562. The smallest absolute Gasteiger partial charge is 0.226 e. The normalized spacial score (nSPS) is 18.4. The second kappa shape index (κ2) is 6.75. The summed E-state index contributed by atoms with van der Waals surface area (Å²) in [7, 11) is 0. The van der Waals surface area contributed by atoms with Crippen LogP contribution in [0.5, 0.6) is 11.5 Å². The first-order valence-corrected chi connectivity index (χ1v) is 8.11. The van der Waals surface area contributed by atoms with Gasteiger partial charge >= 0.3 is 0 Å². The molecule has 2 aliphatic heterocycles. The highest BCUT2D eigenvalue weighted by Gasteiger charge is 2.23. The summed E-state index contributed by atoms with van der Waals surface area (Å²) in [5, 5.41) is 0.502. The monoisotopic (exact) mass is 324 g/mol. The number of amides is 1. The second-order valence-corrected chi connectivity index (χ2v) is 6.25. The number of halogens is 1.